The summed E-state index contributed by atoms with van der Waals surface area (Å²) in [4.78, 5) is 12.7. The molecule has 2 atom stereocenters. The molecule has 0 radical (unpaired) electrons. The van der Waals surface area contributed by atoms with E-state index in [-0.39, 0.29) is 31.8 Å². The Balaban J connectivity index is 0.000000190. The van der Waals surface area contributed by atoms with Crippen LogP contribution in [0.25, 0.3) is 0 Å². The molecule has 2 aliphatic carbocycles. The van der Waals surface area contributed by atoms with Crippen molar-refractivity contribution in [2.75, 3.05) is 13.2 Å². The summed E-state index contributed by atoms with van der Waals surface area (Å²) in [5.74, 6) is 0.955. The highest BCUT2D eigenvalue weighted by molar-refractivity contribution is 9.10. The molecule has 4 aromatic carbocycles. The molecular weight excluding hydrogens is 807 g/mol. The van der Waals surface area contributed by atoms with Crippen LogP contribution in [0.15, 0.2) is 93.9 Å². The molecule has 4 aliphatic rings. The molecule has 7 heteroatoms. The number of carbonyl (C=O) groups excluding carboxylic acids is 1. The van der Waals surface area contributed by atoms with Gasteiger partial charge in [0.2, 0.25) is 0 Å². The summed E-state index contributed by atoms with van der Waals surface area (Å²) in [5, 5.41) is 1.30. The summed E-state index contributed by atoms with van der Waals surface area (Å²) in [6, 6.07) is 28.4. The van der Waals surface area contributed by atoms with Crippen molar-refractivity contribution in [2.24, 2.45) is 0 Å². The second-order valence-electron chi connectivity index (χ2n) is 14.4. The Morgan fingerprint density at radius 2 is 1.12 bits per heavy atom. The first-order chi connectivity index (χ1) is 23.7. The van der Waals surface area contributed by atoms with Gasteiger partial charge in [-0.25, -0.2) is 0 Å². The van der Waals surface area contributed by atoms with Crippen LogP contribution in [-0.4, -0.2) is 30.2 Å². The van der Waals surface area contributed by atoms with Crippen molar-refractivity contribution in [1.82, 2.24) is 0 Å². The predicted octanol–water partition coefficient (Wildman–Crippen LogP) is 13.9. The molecule has 0 aromatic heterocycles. The van der Waals surface area contributed by atoms with Crippen molar-refractivity contribution in [3.05, 3.63) is 137 Å². The highest BCUT2D eigenvalue weighted by atomic mass is 79.9. The van der Waals surface area contributed by atoms with Gasteiger partial charge in [-0.2, -0.15) is 0 Å². The minimum Gasteiger partial charge on any atom is -0.374 e. The van der Waals surface area contributed by atoms with E-state index in [1.165, 1.54) is 74.5 Å². The lowest BCUT2D eigenvalue weighted by atomic mass is 9.88. The van der Waals surface area contributed by atoms with Gasteiger partial charge in [0.25, 0.3) is 0 Å². The number of hydrogen-bond acceptors (Lipinski definition) is 3. The van der Waals surface area contributed by atoms with Gasteiger partial charge in [-0.3, -0.25) is 4.79 Å². The van der Waals surface area contributed by atoms with E-state index >= 15 is 0 Å². The molecule has 2 spiro atoms. The molecule has 0 bridgehead atoms. The molecule has 2 aliphatic heterocycles. The smallest absolute Gasteiger partial charge is 0.194 e. The molecule has 8 rings (SSSR count). The molecule has 3 nitrogen and oxygen atoms in total. The molecule has 2 saturated heterocycles. The second kappa shape index (κ2) is 17.4. The normalized spacial score (nSPS) is 21.2. The van der Waals surface area contributed by atoms with E-state index in [0.29, 0.717) is 28.0 Å². The molecule has 4 aromatic rings. The van der Waals surface area contributed by atoms with Crippen LogP contribution in [0, 0.1) is 0 Å². The van der Waals surface area contributed by atoms with Crippen LogP contribution in [0.5, 0.6) is 0 Å². The van der Waals surface area contributed by atoms with Crippen LogP contribution >= 0.6 is 55.1 Å². The van der Waals surface area contributed by atoms with E-state index in [0.717, 1.165) is 45.6 Å². The molecular formula is C44H50Br2Cl2O3. The number of hydrogen-bond donors (Lipinski definition) is 0. The fourth-order valence-electron chi connectivity index (χ4n) is 8.39. The van der Waals surface area contributed by atoms with Crippen LogP contribution in [0.4, 0.5) is 0 Å². The Labute approximate surface area is 332 Å². The third kappa shape index (κ3) is 9.39. The Morgan fingerprint density at radius 3 is 1.65 bits per heavy atom. The van der Waals surface area contributed by atoms with Crippen LogP contribution < -0.4 is 0 Å². The lowest BCUT2D eigenvalue weighted by Gasteiger charge is -2.21. The number of ether oxygens (including phenoxy) is 2. The summed E-state index contributed by atoms with van der Waals surface area (Å²) in [5.41, 5.74) is 6.66. The first-order valence-electron chi connectivity index (χ1n) is 17.6. The van der Waals surface area contributed by atoms with Gasteiger partial charge in [-0.15, -0.1) is 0 Å². The van der Waals surface area contributed by atoms with E-state index < -0.39 is 0 Å². The average molecular weight is 858 g/mol. The van der Waals surface area contributed by atoms with Gasteiger partial charge in [-0.1, -0.05) is 144 Å². The summed E-state index contributed by atoms with van der Waals surface area (Å²) >= 11 is 19.4. The maximum absolute atomic E-state index is 12.7. The molecule has 2 unspecified atom stereocenters. The molecule has 51 heavy (non-hydrogen) atoms. The Hall–Kier alpha value is -1.99. The number of ketones is 1. The SMILES string of the molecule is C.C.Clc1ccc(Br)cc1Cc1ccc(C2COC3(CCCC3)C2)cc1.O=C(c1ccc(C2COC3(CCCC3)C2)cc1)c1cc(Br)ccc1Cl. The van der Waals surface area contributed by atoms with Crippen molar-refractivity contribution in [3.8, 4) is 0 Å². The Morgan fingerprint density at radius 1 is 0.647 bits per heavy atom. The van der Waals surface area contributed by atoms with Gasteiger partial charge in [0.1, 0.15) is 0 Å². The average Bonchev–Trinajstić information content (AvgIpc) is 3.95. The third-order valence-corrected chi connectivity index (χ3v) is 12.8. The molecule has 0 N–H and O–H groups in total. The van der Waals surface area contributed by atoms with E-state index in [1.54, 1.807) is 12.1 Å². The number of rotatable bonds is 6. The lowest BCUT2D eigenvalue weighted by Crippen LogP contribution is -2.22. The van der Waals surface area contributed by atoms with E-state index in [4.69, 9.17) is 32.7 Å². The van der Waals surface area contributed by atoms with E-state index in [9.17, 15) is 4.79 Å². The van der Waals surface area contributed by atoms with Gasteiger partial charge in [-0.05, 0) is 104 Å². The van der Waals surface area contributed by atoms with Crippen LogP contribution in [0.2, 0.25) is 10.0 Å². The van der Waals surface area contributed by atoms with Crippen molar-refractivity contribution in [1.29, 1.82) is 0 Å². The zero-order chi connectivity index (χ0) is 34.0. The van der Waals surface area contributed by atoms with E-state index in [1.807, 2.05) is 30.3 Å². The summed E-state index contributed by atoms with van der Waals surface area (Å²) in [6.45, 7) is 1.68. The van der Waals surface area contributed by atoms with E-state index in [2.05, 4.69) is 74.3 Å². The standard InChI is InChI=1S/C21H20BrClO2.C21H22BrClO.2CH4/c22-17-7-8-19(23)18(11-17)20(24)15-5-3-14(4-6-15)16-12-21(25-13-16)9-1-2-10-21;22-19-7-8-20(23)17(12-19)11-15-3-5-16(6-4-15)18-13-21(24-14-18)9-1-2-10-21;;/h3-8,11,16H,1-2,9-10,12-13H2;3-8,12,18H,1-2,9-11,13-14H2;2*1H4. The zero-order valence-corrected chi connectivity index (χ0v) is 32.4. The summed E-state index contributed by atoms with van der Waals surface area (Å²) in [6.07, 6.45) is 13.3. The van der Waals surface area contributed by atoms with Gasteiger partial charge < -0.3 is 9.47 Å². The van der Waals surface area contributed by atoms with Crippen molar-refractivity contribution in [3.63, 3.8) is 0 Å². The van der Waals surface area contributed by atoms with Gasteiger partial charge in [0.05, 0.1) is 29.4 Å². The Kier molecular flexibility index (Phi) is 13.7. The van der Waals surface area contributed by atoms with Crippen molar-refractivity contribution in [2.45, 2.75) is 109 Å². The predicted molar refractivity (Wildman–Crippen MR) is 220 cm³/mol. The summed E-state index contributed by atoms with van der Waals surface area (Å²) in [7, 11) is 0. The lowest BCUT2D eigenvalue weighted by molar-refractivity contribution is 0.00989. The largest absolute Gasteiger partial charge is 0.374 e. The maximum atomic E-state index is 12.7. The fraction of sp³-hybridized carbons (Fsp3) is 0.432. The van der Waals surface area contributed by atoms with Crippen LogP contribution in [0.1, 0.15) is 129 Å². The molecule has 4 fully saturated rings. The highest BCUT2D eigenvalue weighted by Gasteiger charge is 2.43. The fourth-order valence-corrected chi connectivity index (χ4v) is 9.55. The zero-order valence-electron chi connectivity index (χ0n) is 27.7. The quantitative estimate of drug-likeness (QED) is 0.181. The number of halogens is 4. The molecule has 2 heterocycles. The maximum Gasteiger partial charge on any atom is 0.194 e. The number of carbonyl (C=O) groups is 1. The Bertz CT molecular complexity index is 1780. The first kappa shape index (κ1) is 40.2. The highest BCUT2D eigenvalue weighted by Crippen LogP contribution is 2.47. The van der Waals surface area contributed by atoms with Crippen molar-refractivity contribution >= 4 is 60.8 Å². The minimum atomic E-state index is -0.0483. The minimum absolute atomic E-state index is 0. The topological polar surface area (TPSA) is 35.5 Å². The molecule has 272 valence electrons. The van der Waals surface area contributed by atoms with Crippen LogP contribution in [0.3, 0.4) is 0 Å². The van der Waals surface area contributed by atoms with Crippen LogP contribution in [-0.2, 0) is 15.9 Å². The number of benzene rings is 4. The van der Waals surface area contributed by atoms with Gasteiger partial charge in [0, 0.05) is 36.9 Å². The second-order valence-corrected chi connectivity index (χ2v) is 17.1. The monoisotopic (exact) mass is 854 g/mol. The third-order valence-electron chi connectivity index (χ3n) is 11.1. The first-order valence-corrected chi connectivity index (χ1v) is 19.9. The molecule has 2 saturated carbocycles. The summed E-state index contributed by atoms with van der Waals surface area (Å²) < 4.78 is 14.3. The van der Waals surface area contributed by atoms with Gasteiger partial charge in [0.15, 0.2) is 5.78 Å². The van der Waals surface area contributed by atoms with Gasteiger partial charge >= 0.3 is 0 Å². The van der Waals surface area contributed by atoms with Crippen molar-refractivity contribution < 1.29 is 14.3 Å². The molecule has 0 amide bonds.